The average Bonchev–Trinajstić information content (AvgIpc) is 3.47. The van der Waals surface area contributed by atoms with Gasteiger partial charge in [0.1, 0.15) is 16.3 Å². The zero-order valence-corrected chi connectivity index (χ0v) is 22.0. The molecule has 0 aliphatic heterocycles. The fraction of sp³-hybridized carbons (Fsp3) is 0.360. The molecule has 188 valence electrons. The molecule has 5 rings (SSSR count). The molecule has 1 fully saturated rings. The van der Waals surface area contributed by atoms with Gasteiger partial charge in [0.25, 0.3) is 0 Å². The summed E-state index contributed by atoms with van der Waals surface area (Å²) < 4.78 is 26.9. The minimum Gasteiger partial charge on any atom is -0.382 e. The Labute approximate surface area is 214 Å². The third kappa shape index (κ3) is 4.16. The number of nitrogens with two attached hydrogens (primary N) is 2. The van der Waals surface area contributed by atoms with E-state index in [2.05, 4.69) is 20.3 Å². The van der Waals surface area contributed by atoms with Gasteiger partial charge in [0.2, 0.25) is 5.95 Å². The van der Waals surface area contributed by atoms with Crippen molar-refractivity contribution in [2.75, 3.05) is 16.8 Å². The Bertz CT molecular complexity index is 1540. The maximum Gasteiger partial charge on any atom is 0.222 e. The van der Waals surface area contributed by atoms with E-state index in [4.69, 9.17) is 16.5 Å². The van der Waals surface area contributed by atoms with Gasteiger partial charge in [-0.2, -0.15) is 4.98 Å². The van der Waals surface area contributed by atoms with Crippen molar-refractivity contribution in [3.05, 3.63) is 48.3 Å². The van der Waals surface area contributed by atoms with Crippen LogP contribution in [0.3, 0.4) is 0 Å². The Hall–Kier alpha value is -3.31. The summed E-state index contributed by atoms with van der Waals surface area (Å²) in [6.45, 7) is 5.54. The molecular formula is C25H29N7O2S2. The molecule has 0 radical (unpaired) electrons. The number of nitrogen functional groups attached to an aromatic ring is 2. The standard InChI is InChI=1S/C25H29N7O2S2/c1-14-19(23-31-20-18(35-23)11-12-28-21(20)26)22(32-24(27)29-14)30-16-10-9-15(13-16)25(2,3)36(33,34)17-7-5-4-6-8-17/h4-8,11-12,15-16H,9-10,13H2,1-3H3,(H2,26,28)(H3,27,29,30,32). The first kappa shape index (κ1) is 24.4. The van der Waals surface area contributed by atoms with Gasteiger partial charge in [-0.15, -0.1) is 11.3 Å². The highest BCUT2D eigenvalue weighted by Gasteiger charge is 2.45. The Kier molecular flexibility index (Phi) is 6.08. The van der Waals surface area contributed by atoms with Gasteiger partial charge in [0, 0.05) is 12.2 Å². The lowest BCUT2D eigenvalue weighted by Crippen LogP contribution is -2.39. The van der Waals surface area contributed by atoms with Gasteiger partial charge < -0.3 is 16.8 Å². The smallest absolute Gasteiger partial charge is 0.222 e. The Morgan fingerprint density at radius 1 is 1.06 bits per heavy atom. The monoisotopic (exact) mass is 523 g/mol. The van der Waals surface area contributed by atoms with Crippen LogP contribution >= 0.6 is 11.3 Å². The van der Waals surface area contributed by atoms with Crippen molar-refractivity contribution in [2.24, 2.45) is 5.92 Å². The van der Waals surface area contributed by atoms with E-state index in [0.29, 0.717) is 34.2 Å². The maximum absolute atomic E-state index is 13.5. The van der Waals surface area contributed by atoms with Crippen molar-refractivity contribution in [1.29, 1.82) is 0 Å². The number of aryl methyl sites for hydroxylation is 1. The first-order chi connectivity index (χ1) is 17.1. The normalized spacial score (nSPS) is 18.5. The molecule has 11 heteroatoms. The highest BCUT2D eigenvalue weighted by atomic mass is 32.2. The van der Waals surface area contributed by atoms with Crippen LogP contribution in [0.2, 0.25) is 0 Å². The van der Waals surface area contributed by atoms with Crippen molar-refractivity contribution in [2.45, 2.75) is 55.7 Å². The number of hydrogen-bond donors (Lipinski definition) is 3. The van der Waals surface area contributed by atoms with Crippen LogP contribution in [0.4, 0.5) is 17.6 Å². The topological polar surface area (TPSA) is 150 Å². The molecule has 2 atom stereocenters. The van der Waals surface area contributed by atoms with Gasteiger partial charge >= 0.3 is 0 Å². The van der Waals surface area contributed by atoms with Crippen LogP contribution in [0.15, 0.2) is 47.5 Å². The number of pyridine rings is 1. The molecule has 5 N–H and O–H groups in total. The summed E-state index contributed by atoms with van der Waals surface area (Å²) in [5.41, 5.74) is 14.2. The van der Waals surface area contributed by atoms with E-state index in [9.17, 15) is 8.42 Å². The zero-order valence-electron chi connectivity index (χ0n) is 20.4. The Morgan fingerprint density at radius 3 is 2.53 bits per heavy atom. The number of fused-ring (bicyclic) bond motifs is 1. The summed E-state index contributed by atoms with van der Waals surface area (Å²) >= 11 is 1.49. The van der Waals surface area contributed by atoms with Crippen molar-refractivity contribution in [3.8, 4) is 10.6 Å². The highest BCUT2D eigenvalue weighted by Crippen LogP contribution is 2.43. The highest BCUT2D eigenvalue weighted by molar-refractivity contribution is 7.92. The molecule has 9 nitrogen and oxygen atoms in total. The van der Waals surface area contributed by atoms with Gasteiger partial charge in [-0.1, -0.05) is 18.2 Å². The first-order valence-electron chi connectivity index (χ1n) is 11.8. The van der Waals surface area contributed by atoms with Crippen molar-refractivity contribution >= 4 is 49.0 Å². The maximum atomic E-state index is 13.5. The summed E-state index contributed by atoms with van der Waals surface area (Å²) in [4.78, 5) is 18.1. The zero-order chi connectivity index (χ0) is 25.7. The third-order valence-corrected chi connectivity index (χ3v) is 10.8. The van der Waals surface area contributed by atoms with Crippen LogP contribution in [0.1, 0.15) is 38.8 Å². The van der Waals surface area contributed by atoms with E-state index in [1.54, 1.807) is 30.5 Å². The van der Waals surface area contributed by atoms with Crippen LogP contribution in [0.25, 0.3) is 20.8 Å². The minimum atomic E-state index is -3.50. The molecule has 0 spiro atoms. The first-order valence-corrected chi connectivity index (χ1v) is 14.1. The quantitative estimate of drug-likeness (QED) is 0.333. The molecule has 1 aliphatic rings. The number of thiazole rings is 1. The van der Waals surface area contributed by atoms with Gasteiger partial charge in [-0.25, -0.2) is 23.4 Å². The summed E-state index contributed by atoms with van der Waals surface area (Å²) in [5, 5.41) is 4.26. The number of nitrogens with zero attached hydrogens (tertiary/aromatic N) is 4. The van der Waals surface area contributed by atoms with Gasteiger partial charge in [-0.05, 0) is 64.2 Å². The van der Waals surface area contributed by atoms with Crippen LogP contribution in [0, 0.1) is 12.8 Å². The second kappa shape index (κ2) is 8.97. The Morgan fingerprint density at radius 2 is 1.81 bits per heavy atom. The number of anilines is 3. The molecule has 1 aromatic carbocycles. The number of nitrogens with one attached hydrogen (secondary N) is 1. The van der Waals surface area contributed by atoms with E-state index in [-0.39, 0.29) is 17.9 Å². The summed E-state index contributed by atoms with van der Waals surface area (Å²) in [5.74, 6) is 1.12. The summed E-state index contributed by atoms with van der Waals surface area (Å²) in [6.07, 6.45) is 3.96. The number of hydrogen-bond acceptors (Lipinski definition) is 10. The third-order valence-electron chi connectivity index (χ3n) is 7.16. The predicted octanol–water partition coefficient (Wildman–Crippen LogP) is 4.45. The minimum absolute atomic E-state index is 0.0164. The lowest BCUT2D eigenvalue weighted by molar-refractivity contribution is 0.402. The second-order valence-electron chi connectivity index (χ2n) is 9.72. The fourth-order valence-corrected chi connectivity index (χ4v) is 7.84. The summed E-state index contributed by atoms with van der Waals surface area (Å²) in [6, 6.07) is 10.6. The van der Waals surface area contributed by atoms with E-state index in [1.165, 1.54) is 11.3 Å². The summed E-state index contributed by atoms with van der Waals surface area (Å²) in [7, 11) is -3.50. The number of benzene rings is 1. The van der Waals surface area contributed by atoms with Gasteiger partial charge in [-0.3, -0.25) is 0 Å². The van der Waals surface area contributed by atoms with E-state index in [0.717, 1.165) is 28.1 Å². The molecule has 36 heavy (non-hydrogen) atoms. The number of aromatic nitrogens is 4. The molecule has 3 heterocycles. The predicted molar refractivity (Wildman–Crippen MR) is 144 cm³/mol. The van der Waals surface area contributed by atoms with E-state index < -0.39 is 14.6 Å². The van der Waals surface area contributed by atoms with Crippen LogP contribution in [0.5, 0.6) is 0 Å². The average molecular weight is 524 g/mol. The lowest BCUT2D eigenvalue weighted by Gasteiger charge is -2.31. The molecule has 3 aromatic heterocycles. The molecule has 2 unspecified atom stereocenters. The Balaban J connectivity index is 1.43. The number of sulfone groups is 1. The molecule has 0 amide bonds. The van der Waals surface area contributed by atoms with Gasteiger partial charge in [0.15, 0.2) is 15.7 Å². The van der Waals surface area contributed by atoms with Crippen LogP contribution in [-0.4, -0.2) is 39.1 Å². The largest absolute Gasteiger partial charge is 0.382 e. The van der Waals surface area contributed by atoms with E-state index in [1.807, 2.05) is 32.9 Å². The van der Waals surface area contributed by atoms with Crippen molar-refractivity contribution in [1.82, 2.24) is 19.9 Å². The molecule has 1 aliphatic carbocycles. The molecule has 4 aromatic rings. The van der Waals surface area contributed by atoms with E-state index >= 15 is 0 Å². The van der Waals surface area contributed by atoms with Crippen LogP contribution < -0.4 is 16.8 Å². The lowest BCUT2D eigenvalue weighted by atomic mass is 9.93. The van der Waals surface area contributed by atoms with Crippen molar-refractivity contribution in [3.63, 3.8) is 0 Å². The SMILES string of the molecule is Cc1nc(N)nc(NC2CCC(C(C)(C)S(=O)(=O)c3ccccc3)C2)c1-c1nc2c(N)nccc2s1. The van der Waals surface area contributed by atoms with Gasteiger partial charge in [0.05, 0.1) is 25.6 Å². The second-order valence-corrected chi connectivity index (χ2v) is 13.3. The molecule has 0 saturated heterocycles. The number of rotatable bonds is 6. The molecular weight excluding hydrogens is 494 g/mol. The molecule has 1 saturated carbocycles. The van der Waals surface area contributed by atoms with Crippen molar-refractivity contribution < 1.29 is 8.42 Å². The fourth-order valence-electron chi connectivity index (χ4n) is 5.00. The van der Waals surface area contributed by atoms with Crippen LogP contribution in [-0.2, 0) is 9.84 Å². The molecule has 0 bridgehead atoms.